The number of anilines is 1. The summed E-state index contributed by atoms with van der Waals surface area (Å²) in [4.78, 5) is 28.2. The molecule has 1 aromatic rings. The summed E-state index contributed by atoms with van der Waals surface area (Å²) in [6.07, 6.45) is 1.58. The van der Waals surface area contributed by atoms with E-state index in [1.54, 1.807) is 31.7 Å². The van der Waals surface area contributed by atoms with E-state index >= 15 is 0 Å². The van der Waals surface area contributed by atoms with Crippen molar-refractivity contribution in [3.05, 3.63) is 12.3 Å². The molecule has 2 heterocycles. The van der Waals surface area contributed by atoms with Crippen LogP contribution in [-0.2, 0) is 9.53 Å². The first-order valence-electron chi connectivity index (χ1n) is 7.75. The van der Waals surface area contributed by atoms with Gasteiger partial charge in [0.15, 0.2) is 5.82 Å². The van der Waals surface area contributed by atoms with Crippen molar-refractivity contribution in [2.24, 2.45) is 0 Å². The van der Waals surface area contributed by atoms with Crippen LogP contribution in [0.15, 0.2) is 16.9 Å². The normalized spacial score (nSPS) is 18.3. The maximum Gasteiger partial charge on any atom is 0.410 e. The van der Waals surface area contributed by atoms with E-state index in [9.17, 15) is 9.59 Å². The Morgan fingerprint density at radius 3 is 2.35 bits per heavy atom. The van der Waals surface area contributed by atoms with Crippen LogP contribution in [0.2, 0.25) is 0 Å². The van der Waals surface area contributed by atoms with Crippen molar-refractivity contribution in [2.45, 2.75) is 65.1 Å². The second-order valence-corrected chi connectivity index (χ2v) is 7.68. The summed E-state index contributed by atoms with van der Waals surface area (Å²) in [6.45, 7) is 11.7. The van der Waals surface area contributed by atoms with E-state index in [-0.39, 0.29) is 5.91 Å². The van der Waals surface area contributed by atoms with Crippen molar-refractivity contribution in [1.82, 2.24) is 10.1 Å². The second-order valence-electron chi connectivity index (χ2n) is 7.68. The van der Waals surface area contributed by atoms with Crippen LogP contribution in [-0.4, -0.2) is 45.8 Å². The molecule has 0 aliphatic carbocycles. The lowest BCUT2D eigenvalue weighted by molar-refractivity contribution is -0.129. The number of carbonyl (C=O) groups is 2. The van der Waals surface area contributed by atoms with Crippen LogP contribution in [0.4, 0.5) is 10.6 Å². The number of nitrogens with zero attached hydrogens (tertiary/aromatic N) is 3. The van der Waals surface area contributed by atoms with Gasteiger partial charge in [0.05, 0.1) is 0 Å². The fourth-order valence-corrected chi connectivity index (χ4v) is 2.44. The second kappa shape index (κ2) is 5.86. The Balaban J connectivity index is 2.16. The van der Waals surface area contributed by atoms with Gasteiger partial charge in [-0.25, -0.2) is 4.79 Å². The fraction of sp³-hybridized carbons (Fsp3) is 0.688. The lowest BCUT2D eigenvalue weighted by atomic mass is 9.98. The maximum atomic E-state index is 12.9. The molecule has 0 spiro atoms. The molecule has 0 radical (unpaired) electrons. The Labute approximate surface area is 136 Å². The average Bonchev–Trinajstić information content (AvgIpc) is 2.75. The van der Waals surface area contributed by atoms with Crippen LogP contribution < -0.4 is 4.90 Å². The topological polar surface area (TPSA) is 75.9 Å². The first-order chi connectivity index (χ1) is 10.5. The fourth-order valence-electron chi connectivity index (χ4n) is 2.44. The van der Waals surface area contributed by atoms with Gasteiger partial charge >= 0.3 is 6.09 Å². The Kier molecular flexibility index (Phi) is 4.41. The quantitative estimate of drug-likeness (QED) is 0.836. The molecule has 7 heteroatoms. The number of rotatable bonds is 2. The summed E-state index contributed by atoms with van der Waals surface area (Å²) >= 11 is 0. The van der Waals surface area contributed by atoms with E-state index < -0.39 is 23.3 Å². The zero-order valence-corrected chi connectivity index (χ0v) is 14.6. The van der Waals surface area contributed by atoms with E-state index in [4.69, 9.17) is 9.26 Å². The molecule has 1 aromatic heterocycles. The van der Waals surface area contributed by atoms with Gasteiger partial charge in [-0.1, -0.05) is 5.16 Å². The van der Waals surface area contributed by atoms with Crippen LogP contribution in [0.1, 0.15) is 48.0 Å². The van der Waals surface area contributed by atoms with Gasteiger partial charge in [0.2, 0.25) is 0 Å². The lowest BCUT2D eigenvalue weighted by Gasteiger charge is -2.44. The standard InChI is InChI=1S/C16H25N3O4/c1-15(2,3)19(12-8-10-22-17-12)13(20)11-7-9-18(11)14(21)23-16(4,5)6/h8,10-11H,7,9H2,1-6H3. The maximum absolute atomic E-state index is 12.9. The smallest absolute Gasteiger partial charge is 0.410 e. The monoisotopic (exact) mass is 323 g/mol. The number of ether oxygens (including phenoxy) is 1. The van der Waals surface area contributed by atoms with E-state index in [1.807, 2.05) is 20.8 Å². The van der Waals surface area contributed by atoms with Gasteiger partial charge in [0.1, 0.15) is 17.9 Å². The van der Waals surface area contributed by atoms with Crippen LogP contribution in [0.25, 0.3) is 0 Å². The van der Waals surface area contributed by atoms with Gasteiger partial charge in [-0.2, -0.15) is 0 Å². The van der Waals surface area contributed by atoms with Crippen molar-refractivity contribution in [3.63, 3.8) is 0 Å². The molecule has 0 N–H and O–H groups in total. The molecule has 0 bridgehead atoms. The average molecular weight is 323 g/mol. The van der Waals surface area contributed by atoms with Gasteiger partial charge in [-0.15, -0.1) is 0 Å². The predicted molar refractivity (Wildman–Crippen MR) is 85.1 cm³/mol. The van der Waals surface area contributed by atoms with Gasteiger partial charge in [-0.05, 0) is 48.0 Å². The minimum atomic E-state index is -0.587. The summed E-state index contributed by atoms with van der Waals surface area (Å²) in [5.41, 5.74) is -1.07. The number of amides is 2. The molecule has 7 nitrogen and oxygen atoms in total. The number of hydrogen-bond acceptors (Lipinski definition) is 5. The van der Waals surface area contributed by atoms with Gasteiger partial charge in [0, 0.05) is 18.2 Å². The van der Waals surface area contributed by atoms with E-state index in [0.717, 1.165) is 0 Å². The molecule has 1 fully saturated rings. The molecule has 128 valence electrons. The highest BCUT2D eigenvalue weighted by atomic mass is 16.6. The van der Waals surface area contributed by atoms with E-state index in [1.165, 1.54) is 11.2 Å². The molecule has 0 aromatic carbocycles. The molecular weight excluding hydrogens is 298 g/mol. The molecule has 1 aliphatic rings. The van der Waals surface area contributed by atoms with Gasteiger partial charge in [0.25, 0.3) is 5.91 Å². The highest BCUT2D eigenvalue weighted by molar-refractivity contribution is 5.99. The summed E-state index contributed by atoms with van der Waals surface area (Å²) < 4.78 is 10.2. The van der Waals surface area contributed by atoms with Gasteiger partial charge in [-0.3, -0.25) is 14.6 Å². The number of aromatic nitrogens is 1. The third kappa shape index (κ3) is 3.83. The number of hydrogen-bond donors (Lipinski definition) is 0. The zero-order valence-electron chi connectivity index (χ0n) is 14.6. The van der Waals surface area contributed by atoms with Crippen molar-refractivity contribution >= 4 is 17.8 Å². The Hall–Kier alpha value is -2.05. The first-order valence-corrected chi connectivity index (χ1v) is 7.75. The molecule has 1 aliphatic heterocycles. The van der Waals surface area contributed by atoms with Crippen molar-refractivity contribution in [1.29, 1.82) is 0 Å². The van der Waals surface area contributed by atoms with Gasteiger partial charge < -0.3 is 9.26 Å². The van der Waals surface area contributed by atoms with E-state index in [2.05, 4.69) is 5.16 Å². The minimum Gasteiger partial charge on any atom is -0.444 e. The van der Waals surface area contributed by atoms with Crippen LogP contribution in [0, 0.1) is 0 Å². The number of likely N-dealkylation sites (tertiary alicyclic amines) is 1. The molecule has 1 unspecified atom stereocenters. The highest BCUT2D eigenvalue weighted by Gasteiger charge is 2.44. The summed E-state index contributed by atoms with van der Waals surface area (Å²) in [5.74, 6) is 0.266. The Morgan fingerprint density at radius 2 is 1.96 bits per heavy atom. The highest BCUT2D eigenvalue weighted by Crippen LogP contribution is 2.29. The summed E-state index contributed by atoms with van der Waals surface area (Å²) in [5, 5.41) is 3.87. The largest absolute Gasteiger partial charge is 0.444 e. The molecule has 2 amide bonds. The van der Waals surface area contributed by atoms with Crippen LogP contribution >= 0.6 is 0 Å². The zero-order chi connectivity index (χ0) is 17.4. The molecule has 1 atom stereocenters. The van der Waals surface area contributed by atoms with Crippen LogP contribution in [0.3, 0.4) is 0 Å². The van der Waals surface area contributed by atoms with E-state index in [0.29, 0.717) is 18.8 Å². The Morgan fingerprint density at radius 1 is 1.30 bits per heavy atom. The third-order valence-corrected chi connectivity index (χ3v) is 3.48. The molecule has 0 saturated carbocycles. The Bertz CT molecular complexity index is 569. The van der Waals surface area contributed by atoms with Crippen molar-refractivity contribution in [2.75, 3.05) is 11.4 Å². The molecule has 1 saturated heterocycles. The SMILES string of the molecule is CC(C)(C)OC(=O)N1CCC1C(=O)N(c1ccon1)C(C)(C)C. The molecule has 2 rings (SSSR count). The molecular formula is C16H25N3O4. The summed E-state index contributed by atoms with van der Waals surface area (Å²) in [7, 11) is 0. The van der Waals surface area contributed by atoms with Crippen molar-refractivity contribution in [3.8, 4) is 0 Å². The minimum absolute atomic E-state index is 0.177. The summed E-state index contributed by atoms with van der Waals surface area (Å²) in [6, 6.07) is 1.11. The predicted octanol–water partition coefficient (Wildman–Crippen LogP) is 2.82. The van der Waals surface area contributed by atoms with Crippen molar-refractivity contribution < 1.29 is 18.8 Å². The first kappa shape index (κ1) is 17.3. The number of carbonyl (C=O) groups excluding carboxylic acids is 2. The third-order valence-electron chi connectivity index (χ3n) is 3.48. The molecule has 23 heavy (non-hydrogen) atoms. The van der Waals surface area contributed by atoms with Crippen LogP contribution in [0.5, 0.6) is 0 Å². The lowest BCUT2D eigenvalue weighted by Crippen LogP contribution is -2.62.